The van der Waals surface area contributed by atoms with Crippen LogP contribution in [0.5, 0.6) is 5.75 Å². The molecule has 0 saturated heterocycles. The van der Waals surface area contributed by atoms with Gasteiger partial charge in [-0.15, -0.1) is 0 Å². The molecule has 1 aromatic carbocycles. The fourth-order valence-corrected chi connectivity index (χ4v) is 6.86. The van der Waals surface area contributed by atoms with Crippen LogP contribution in [0.2, 0.25) is 18.1 Å². The van der Waals surface area contributed by atoms with Gasteiger partial charge in [0.15, 0.2) is 14.1 Å². The summed E-state index contributed by atoms with van der Waals surface area (Å²) in [6, 6.07) is 10.1. The van der Waals surface area contributed by atoms with Crippen LogP contribution in [0.25, 0.3) is 28.0 Å². The van der Waals surface area contributed by atoms with Crippen LogP contribution >= 0.6 is 0 Å². The van der Waals surface area contributed by atoms with Crippen LogP contribution in [-0.4, -0.2) is 62.3 Å². The fourth-order valence-electron chi connectivity index (χ4n) is 4.95. The highest BCUT2D eigenvalue weighted by Crippen LogP contribution is 2.42. The predicted molar refractivity (Wildman–Crippen MR) is 186 cm³/mol. The minimum absolute atomic E-state index is 0.0925. The summed E-state index contributed by atoms with van der Waals surface area (Å²) in [6.07, 6.45) is 8.08. The van der Waals surface area contributed by atoms with Crippen molar-refractivity contribution in [1.29, 1.82) is 0 Å². The molecule has 10 nitrogen and oxygen atoms in total. The van der Waals surface area contributed by atoms with Gasteiger partial charge >= 0.3 is 0 Å². The molecule has 0 unspecified atom stereocenters. The van der Waals surface area contributed by atoms with E-state index >= 15 is 0 Å². The molecule has 0 bridgehead atoms. The smallest absolute Gasteiger partial charge is 0.192 e. The highest BCUT2D eigenvalue weighted by molar-refractivity contribution is 7.84. The first-order chi connectivity index (χ1) is 21.6. The van der Waals surface area contributed by atoms with E-state index in [-0.39, 0.29) is 9.79 Å². The van der Waals surface area contributed by atoms with Gasteiger partial charge in [0.05, 0.1) is 81.1 Å². The Morgan fingerprint density at radius 1 is 1.02 bits per heavy atom. The Morgan fingerprint density at radius 2 is 1.78 bits per heavy atom. The van der Waals surface area contributed by atoms with E-state index in [1.165, 1.54) is 0 Å². The average molecular weight is 665 g/mol. The molecule has 12 heteroatoms. The van der Waals surface area contributed by atoms with Crippen molar-refractivity contribution in [2.45, 2.75) is 95.8 Å². The number of methoxy groups -OCH3 is 1. The number of benzene rings is 1. The van der Waals surface area contributed by atoms with Gasteiger partial charge in [-0.05, 0) is 82.4 Å². The van der Waals surface area contributed by atoms with E-state index in [4.69, 9.17) is 29.0 Å². The summed E-state index contributed by atoms with van der Waals surface area (Å²) in [5.74, 6) is 1.27. The van der Waals surface area contributed by atoms with Gasteiger partial charge in [-0.2, -0.15) is 5.10 Å². The largest absolute Gasteiger partial charge is 0.490 e. The molecule has 4 aromatic rings. The van der Waals surface area contributed by atoms with Crippen molar-refractivity contribution in [3.63, 3.8) is 0 Å². The maximum atomic E-state index is 13.1. The van der Waals surface area contributed by atoms with Crippen LogP contribution in [-0.2, 0) is 32.3 Å². The number of ether oxygens (including phenoxy) is 2. The first-order valence-electron chi connectivity index (χ1n) is 15.9. The third-order valence-electron chi connectivity index (χ3n) is 9.06. The lowest BCUT2D eigenvalue weighted by Gasteiger charge is -2.43. The lowest BCUT2D eigenvalue weighted by molar-refractivity contribution is 0.147. The molecule has 1 atom stereocenters. The van der Waals surface area contributed by atoms with Crippen molar-refractivity contribution in [3.8, 4) is 22.8 Å². The maximum absolute atomic E-state index is 13.1. The van der Waals surface area contributed by atoms with Crippen molar-refractivity contribution < 1.29 is 18.1 Å². The highest BCUT2D eigenvalue weighted by atomic mass is 32.2. The summed E-state index contributed by atoms with van der Waals surface area (Å²) in [4.78, 5) is 14.5. The predicted octanol–water partition coefficient (Wildman–Crippen LogP) is 6.86. The van der Waals surface area contributed by atoms with E-state index in [9.17, 15) is 4.21 Å². The zero-order valence-electron chi connectivity index (χ0n) is 28.6. The van der Waals surface area contributed by atoms with Gasteiger partial charge in [-0.1, -0.05) is 26.8 Å². The molecule has 46 heavy (non-hydrogen) atoms. The molecule has 3 aromatic heterocycles. The zero-order chi connectivity index (χ0) is 33.3. The third-order valence-corrected chi connectivity index (χ3v) is 15.2. The summed E-state index contributed by atoms with van der Waals surface area (Å²) in [6.45, 7) is 18.3. The number of nitrogens with one attached hydrogen (secondary N) is 1. The molecule has 5 rings (SSSR count). The lowest BCUT2D eigenvalue weighted by Crippen LogP contribution is -2.52. The molecule has 3 heterocycles. The fraction of sp³-hybridized carbons (Fsp3) is 0.529. The first-order valence-corrected chi connectivity index (χ1v) is 20.0. The molecule has 248 valence electrons. The van der Waals surface area contributed by atoms with Crippen LogP contribution < -0.4 is 9.46 Å². The van der Waals surface area contributed by atoms with E-state index in [0.29, 0.717) is 31.4 Å². The second kappa shape index (κ2) is 13.2. The van der Waals surface area contributed by atoms with Gasteiger partial charge in [-0.3, -0.25) is 9.97 Å². The van der Waals surface area contributed by atoms with Gasteiger partial charge in [0.1, 0.15) is 12.4 Å². The molecule has 1 aliphatic carbocycles. The number of fused-ring (bicyclic) bond motifs is 1. The quantitative estimate of drug-likeness (QED) is 0.129. The summed E-state index contributed by atoms with van der Waals surface area (Å²) in [5, 5.41) is 5.66. The van der Waals surface area contributed by atoms with Gasteiger partial charge in [0.2, 0.25) is 0 Å². The number of rotatable bonds is 12. The van der Waals surface area contributed by atoms with Gasteiger partial charge in [-0.25, -0.2) is 18.6 Å². The van der Waals surface area contributed by atoms with Crippen LogP contribution in [0.1, 0.15) is 72.2 Å². The Hall–Kier alpha value is -3.03. The van der Waals surface area contributed by atoms with E-state index in [2.05, 4.69) is 49.6 Å². The molecule has 1 N–H and O–H groups in total. The minimum atomic E-state index is -1.96. The molecule has 1 fully saturated rings. The third kappa shape index (κ3) is 7.26. The topological polar surface area (TPSA) is 113 Å². The number of hydrogen-bond acceptors (Lipinski definition) is 8. The Labute approximate surface area is 276 Å². The number of nitrogens with zero attached hydrogens (tertiary/aromatic N) is 5. The Morgan fingerprint density at radius 3 is 2.43 bits per heavy atom. The number of aromatic nitrogens is 5. The summed E-state index contributed by atoms with van der Waals surface area (Å²) < 4.78 is 35.9. The lowest BCUT2D eigenvalue weighted by atomic mass is 9.75. The van der Waals surface area contributed by atoms with Crippen molar-refractivity contribution in [2.75, 3.05) is 20.3 Å². The number of hydrogen-bond donors (Lipinski definition) is 1. The molecule has 0 spiro atoms. The molecule has 0 radical (unpaired) electrons. The van der Waals surface area contributed by atoms with Crippen molar-refractivity contribution in [3.05, 3.63) is 60.3 Å². The van der Waals surface area contributed by atoms with Gasteiger partial charge in [0, 0.05) is 12.7 Å². The second-order valence-electron chi connectivity index (χ2n) is 14.5. The Balaban J connectivity index is 1.53. The van der Waals surface area contributed by atoms with Crippen molar-refractivity contribution in [1.82, 2.24) is 29.5 Å². The standard InChI is InChI=1S/C34H48N6O4SSi/c1-32(2,3)45(41)39-34(14-11-15-34)30-13-10-12-27(38-30)24-18-28-26(29(19-24)43-17-16-42-7)21-36-40(28)31-22-35-20-25(37-31)23-44-46(8,9)33(4,5)6/h10,12-13,18-22,39H,11,14-17,23H2,1-9H3/t45-/m1/s1. The summed E-state index contributed by atoms with van der Waals surface area (Å²) in [5.41, 5.74) is 3.71. The molecular formula is C34H48N6O4SSi. The normalized spacial score (nSPS) is 15.9. The molecular weight excluding hydrogens is 617 g/mol. The average Bonchev–Trinajstić information content (AvgIpc) is 3.41. The van der Waals surface area contributed by atoms with E-state index in [1.807, 2.05) is 45.0 Å². The van der Waals surface area contributed by atoms with Gasteiger partial charge < -0.3 is 13.9 Å². The summed E-state index contributed by atoms with van der Waals surface area (Å²) in [7, 11) is -1.53. The van der Waals surface area contributed by atoms with Crippen LogP contribution in [0.15, 0.2) is 48.9 Å². The van der Waals surface area contributed by atoms with Crippen molar-refractivity contribution in [2.24, 2.45) is 0 Å². The van der Waals surface area contributed by atoms with Gasteiger partial charge in [0.25, 0.3) is 0 Å². The molecule has 0 aliphatic heterocycles. The van der Waals surface area contributed by atoms with Crippen LogP contribution in [0.3, 0.4) is 0 Å². The molecule has 1 aliphatic rings. The monoisotopic (exact) mass is 664 g/mol. The second-order valence-corrected chi connectivity index (χ2v) is 21.3. The van der Waals surface area contributed by atoms with E-state index in [0.717, 1.165) is 52.8 Å². The Bertz CT molecular complexity index is 1710. The highest BCUT2D eigenvalue weighted by Gasteiger charge is 2.43. The van der Waals surface area contributed by atoms with Crippen LogP contribution in [0, 0.1) is 0 Å². The zero-order valence-corrected chi connectivity index (χ0v) is 30.5. The van der Waals surface area contributed by atoms with E-state index in [1.54, 1.807) is 30.4 Å². The van der Waals surface area contributed by atoms with E-state index < -0.39 is 24.8 Å². The maximum Gasteiger partial charge on any atom is 0.192 e. The summed E-state index contributed by atoms with van der Waals surface area (Å²) >= 11 is 0. The molecule has 0 amide bonds. The number of pyridine rings is 1. The first kappa shape index (κ1) is 34.3. The molecule has 1 saturated carbocycles. The van der Waals surface area contributed by atoms with Crippen LogP contribution in [0.4, 0.5) is 0 Å². The Kier molecular flexibility index (Phi) is 9.87. The van der Waals surface area contributed by atoms with Crippen molar-refractivity contribution >= 4 is 30.2 Å². The minimum Gasteiger partial charge on any atom is -0.490 e. The SMILES string of the molecule is COCCOc1cc(-c2cccc(C3(N[S@](=O)C(C)(C)C)CCC3)n2)cc2c1cnn2-c1cncc(CO[Si](C)(C)C(C)(C)C)n1.